The Balaban J connectivity index is 1.51. The van der Waals surface area contributed by atoms with Crippen LogP contribution in [0.3, 0.4) is 0 Å². The third-order valence-corrected chi connectivity index (χ3v) is 4.89. The Morgan fingerprint density at radius 3 is 2.50 bits per heavy atom. The Labute approximate surface area is 145 Å². The van der Waals surface area contributed by atoms with Crippen molar-refractivity contribution in [1.29, 1.82) is 0 Å². The van der Waals surface area contributed by atoms with Crippen LogP contribution in [0.1, 0.15) is 25.3 Å². The van der Waals surface area contributed by atoms with Gasteiger partial charge in [-0.1, -0.05) is 0 Å². The van der Waals surface area contributed by atoms with Crippen molar-refractivity contribution >= 4 is 28.8 Å². The second-order valence-electron chi connectivity index (χ2n) is 5.89. The van der Waals surface area contributed by atoms with Gasteiger partial charge in [0.25, 0.3) is 0 Å². The zero-order chi connectivity index (χ0) is 17.0. The molecule has 5 nitrogen and oxygen atoms in total. The molecule has 3 rings (SSSR count). The average Bonchev–Trinajstić information content (AvgIpc) is 3.17. The molecule has 2 aromatic rings. The lowest BCUT2D eigenvalue weighted by molar-refractivity contribution is -0.136. The van der Waals surface area contributed by atoms with Crippen LogP contribution in [0, 0.1) is 0 Å². The van der Waals surface area contributed by atoms with E-state index in [4.69, 9.17) is 4.74 Å². The van der Waals surface area contributed by atoms with Gasteiger partial charge in [-0.2, -0.15) is 11.3 Å². The normalized spacial score (nSPS) is 14.7. The van der Waals surface area contributed by atoms with Crippen molar-refractivity contribution in [3.63, 3.8) is 0 Å². The zero-order valence-corrected chi connectivity index (χ0v) is 14.3. The topological polar surface area (TPSA) is 67.4 Å². The largest absolute Gasteiger partial charge is 0.494 e. The summed E-state index contributed by atoms with van der Waals surface area (Å²) < 4.78 is 5.34. The molecule has 1 aliphatic carbocycles. The van der Waals surface area contributed by atoms with Gasteiger partial charge < -0.3 is 15.4 Å². The minimum Gasteiger partial charge on any atom is -0.494 e. The Morgan fingerprint density at radius 2 is 1.92 bits per heavy atom. The van der Waals surface area contributed by atoms with E-state index in [0.29, 0.717) is 18.8 Å². The molecule has 0 unspecified atom stereocenters. The number of carbonyl (C=O) groups is 2. The lowest BCUT2D eigenvalue weighted by Gasteiger charge is -2.14. The molecule has 0 radical (unpaired) electrons. The number of carbonyl (C=O) groups excluding carboxylic acids is 2. The maximum Gasteiger partial charge on any atom is 0.313 e. The molecule has 1 aromatic heterocycles. The average molecular weight is 344 g/mol. The van der Waals surface area contributed by atoms with E-state index >= 15 is 0 Å². The van der Waals surface area contributed by atoms with Gasteiger partial charge in [-0.05, 0) is 66.4 Å². The van der Waals surface area contributed by atoms with Crippen molar-refractivity contribution in [3.05, 3.63) is 46.7 Å². The molecular formula is C18H20N2O3S. The molecule has 1 aliphatic rings. The Bertz CT molecular complexity index is 706. The van der Waals surface area contributed by atoms with Crippen LogP contribution >= 0.6 is 11.3 Å². The van der Waals surface area contributed by atoms with E-state index in [1.165, 1.54) is 5.56 Å². The van der Waals surface area contributed by atoms with Gasteiger partial charge in [0.15, 0.2) is 0 Å². The first-order chi connectivity index (χ1) is 11.6. The van der Waals surface area contributed by atoms with Gasteiger partial charge in [0.05, 0.1) is 6.61 Å². The summed E-state index contributed by atoms with van der Waals surface area (Å²) in [4.78, 5) is 24.0. The number of hydrogen-bond donors (Lipinski definition) is 2. The molecule has 2 amide bonds. The maximum absolute atomic E-state index is 12.0. The molecule has 0 bridgehead atoms. The van der Waals surface area contributed by atoms with Crippen LogP contribution in [0.5, 0.6) is 5.75 Å². The first kappa shape index (κ1) is 16.5. The van der Waals surface area contributed by atoms with Crippen molar-refractivity contribution in [1.82, 2.24) is 5.32 Å². The van der Waals surface area contributed by atoms with Gasteiger partial charge in [0, 0.05) is 17.6 Å². The Hall–Kier alpha value is -2.34. The summed E-state index contributed by atoms with van der Waals surface area (Å²) in [6.45, 7) is 2.99. The number of rotatable bonds is 6. The summed E-state index contributed by atoms with van der Waals surface area (Å²) in [7, 11) is 0. The highest BCUT2D eigenvalue weighted by Crippen LogP contribution is 2.48. The van der Waals surface area contributed by atoms with Crippen LogP contribution in [0.4, 0.5) is 5.69 Å². The lowest BCUT2D eigenvalue weighted by Crippen LogP contribution is -2.39. The SMILES string of the molecule is CCOc1ccc(NC(=O)C(=O)NCC2(c3ccsc3)CC2)cc1. The zero-order valence-electron chi connectivity index (χ0n) is 13.5. The van der Waals surface area contributed by atoms with Crippen LogP contribution in [0.2, 0.25) is 0 Å². The summed E-state index contributed by atoms with van der Waals surface area (Å²) >= 11 is 1.65. The molecule has 0 saturated heterocycles. The Kier molecular flexibility index (Phi) is 4.85. The number of amides is 2. The smallest absolute Gasteiger partial charge is 0.313 e. The highest BCUT2D eigenvalue weighted by molar-refractivity contribution is 7.08. The van der Waals surface area contributed by atoms with Gasteiger partial charge in [-0.25, -0.2) is 0 Å². The van der Waals surface area contributed by atoms with Gasteiger partial charge >= 0.3 is 11.8 Å². The summed E-state index contributed by atoms with van der Waals surface area (Å²) in [5.74, 6) is -0.531. The van der Waals surface area contributed by atoms with E-state index in [2.05, 4.69) is 22.1 Å². The van der Waals surface area contributed by atoms with E-state index in [1.807, 2.05) is 12.3 Å². The molecule has 0 spiro atoms. The van der Waals surface area contributed by atoms with Gasteiger partial charge in [0.1, 0.15) is 5.75 Å². The first-order valence-corrected chi connectivity index (χ1v) is 8.92. The number of nitrogens with one attached hydrogen (secondary N) is 2. The van der Waals surface area contributed by atoms with E-state index in [9.17, 15) is 9.59 Å². The van der Waals surface area contributed by atoms with Gasteiger partial charge in [-0.3, -0.25) is 9.59 Å². The second kappa shape index (κ2) is 7.05. The first-order valence-electron chi connectivity index (χ1n) is 7.98. The fraction of sp³-hybridized carbons (Fsp3) is 0.333. The molecule has 1 saturated carbocycles. The molecule has 0 aliphatic heterocycles. The molecule has 0 atom stereocenters. The van der Waals surface area contributed by atoms with Crippen LogP contribution in [0.15, 0.2) is 41.1 Å². The maximum atomic E-state index is 12.0. The number of hydrogen-bond acceptors (Lipinski definition) is 4. The number of anilines is 1. The number of thiophene rings is 1. The number of benzene rings is 1. The summed E-state index contributed by atoms with van der Waals surface area (Å²) in [5.41, 5.74) is 1.84. The van der Waals surface area contributed by atoms with E-state index in [-0.39, 0.29) is 5.41 Å². The molecule has 1 aromatic carbocycles. The quantitative estimate of drug-likeness (QED) is 0.792. The minimum absolute atomic E-state index is 0.0229. The second-order valence-corrected chi connectivity index (χ2v) is 6.67. The lowest BCUT2D eigenvalue weighted by atomic mass is 9.99. The molecule has 2 N–H and O–H groups in total. The molecular weight excluding hydrogens is 324 g/mol. The van der Waals surface area contributed by atoms with Crippen LogP contribution < -0.4 is 15.4 Å². The van der Waals surface area contributed by atoms with Crippen molar-refractivity contribution in [2.75, 3.05) is 18.5 Å². The molecule has 1 heterocycles. The summed E-state index contributed by atoms with van der Waals surface area (Å²) in [5, 5.41) is 9.50. The molecule has 24 heavy (non-hydrogen) atoms. The van der Waals surface area contributed by atoms with E-state index < -0.39 is 11.8 Å². The summed E-state index contributed by atoms with van der Waals surface area (Å²) in [6.07, 6.45) is 2.09. The van der Waals surface area contributed by atoms with Crippen LogP contribution in [-0.4, -0.2) is 25.0 Å². The molecule has 126 valence electrons. The molecule has 1 fully saturated rings. The van der Waals surface area contributed by atoms with Crippen molar-refractivity contribution < 1.29 is 14.3 Å². The standard InChI is InChI=1S/C18H20N2O3S/c1-2-23-15-5-3-14(4-6-15)20-17(22)16(21)19-12-18(8-9-18)13-7-10-24-11-13/h3-7,10-11H,2,8-9,12H2,1H3,(H,19,21)(H,20,22). The van der Waals surface area contributed by atoms with Gasteiger partial charge in [0.2, 0.25) is 0 Å². The third kappa shape index (κ3) is 3.76. The monoisotopic (exact) mass is 344 g/mol. The van der Waals surface area contributed by atoms with E-state index in [1.54, 1.807) is 35.6 Å². The highest BCUT2D eigenvalue weighted by atomic mass is 32.1. The summed E-state index contributed by atoms with van der Waals surface area (Å²) in [6, 6.07) is 9.03. The highest BCUT2D eigenvalue weighted by Gasteiger charge is 2.44. The Morgan fingerprint density at radius 1 is 1.17 bits per heavy atom. The van der Waals surface area contributed by atoms with Crippen molar-refractivity contribution in [3.8, 4) is 5.75 Å². The predicted molar refractivity (Wildman–Crippen MR) is 94.5 cm³/mol. The van der Waals surface area contributed by atoms with E-state index in [0.717, 1.165) is 18.6 Å². The number of ether oxygens (including phenoxy) is 1. The minimum atomic E-state index is -0.653. The fourth-order valence-corrected chi connectivity index (χ4v) is 3.38. The van der Waals surface area contributed by atoms with Crippen molar-refractivity contribution in [2.24, 2.45) is 0 Å². The van der Waals surface area contributed by atoms with Gasteiger partial charge in [-0.15, -0.1) is 0 Å². The predicted octanol–water partition coefficient (Wildman–Crippen LogP) is 2.93. The fourth-order valence-electron chi connectivity index (χ4n) is 2.60. The van der Waals surface area contributed by atoms with Crippen molar-refractivity contribution in [2.45, 2.75) is 25.2 Å². The third-order valence-electron chi connectivity index (χ3n) is 4.20. The van der Waals surface area contributed by atoms with Crippen LogP contribution in [0.25, 0.3) is 0 Å². The molecule has 6 heteroatoms. The van der Waals surface area contributed by atoms with Crippen LogP contribution in [-0.2, 0) is 15.0 Å².